The van der Waals surface area contributed by atoms with Gasteiger partial charge in [0.1, 0.15) is 5.60 Å². The van der Waals surface area contributed by atoms with Crippen molar-refractivity contribution in [3.8, 4) is 0 Å². The van der Waals surface area contributed by atoms with Crippen molar-refractivity contribution < 1.29 is 9.53 Å². The van der Waals surface area contributed by atoms with Gasteiger partial charge in [-0.25, -0.2) is 4.79 Å². The van der Waals surface area contributed by atoms with Crippen molar-refractivity contribution in [2.24, 2.45) is 0 Å². The molecule has 4 heteroatoms. The van der Waals surface area contributed by atoms with Gasteiger partial charge in [-0.3, -0.25) is 0 Å². The maximum atomic E-state index is 11.5. The largest absolute Gasteiger partial charge is 0.444 e. The molecule has 1 unspecified atom stereocenters. The van der Waals surface area contributed by atoms with E-state index in [-0.39, 0.29) is 12.1 Å². The summed E-state index contributed by atoms with van der Waals surface area (Å²) < 4.78 is 5.19. The summed E-state index contributed by atoms with van der Waals surface area (Å²) in [5, 5.41) is 6.13. The Morgan fingerprint density at radius 3 is 2.40 bits per heavy atom. The molecule has 0 heterocycles. The summed E-state index contributed by atoms with van der Waals surface area (Å²) in [4.78, 5) is 11.5. The summed E-state index contributed by atoms with van der Waals surface area (Å²) in [6.45, 7) is 11.0. The van der Waals surface area contributed by atoms with E-state index >= 15 is 0 Å². The molecule has 0 aliphatic rings. The molecule has 4 nitrogen and oxygen atoms in total. The van der Waals surface area contributed by atoms with Crippen LogP contribution >= 0.6 is 0 Å². The van der Waals surface area contributed by atoms with Crippen molar-refractivity contribution in [3.05, 3.63) is 35.4 Å². The lowest BCUT2D eigenvalue weighted by Gasteiger charge is -2.21. The molecule has 112 valence electrons. The molecule has 0 saturated heterocycles. The molecule has 0 aliphatic heterocycles. The summed E-state index contributed by atoms with van der Waals surface area (Å²) in [6, 6.07) is 8.59. The van der Waals surface area contributed by atoms with E-state index in [1.165, 1.54) is 11.1 Å². The van der Waals surface area contributed by atoms with E-state index < -0.39 is 5.60 Å². The number of aryl methyl sites for hydroxylation is 1. The summed E-state index contributed by atoms with van der Waals surface area (Å²) >= 11 is 0. The van der Waals surface area contributed by atoms with Crippen molar-refractivity contribution >= 4 is 6.09 Å². The summed E-state index contributed by atoms with van der Waals surface area (Å²) in [5.74, 6) is 0. The molecular weight excluding hydrogens is 252 g/mol. The quantitative estimate of drug-likeness (QED) is 0.870. The van der Waals surface area contributed by atoms with Crippen LogP contribution in [-0.4, -0.2) is 24.3 Å². The molecule has 20 heavy (non-hydrogen) atoms. The molecule has 2 N–H and O–H groups in total. The van der Waals surface area contributed by atoms with Crippen LogP contribution < -0.4 is 10.6 Å². The third-order valence-electron chi connectivity index (χ3n) is 2.73. The lowest BCUT2D eigenvalue weighted by Crippen LogP contribution is -2.40. The number of amides is 1. The Morgan fingerprint density at radius 1 is 1.25 bits per heavy atom. The second-order valence-corrected chi connectivity index (χ2v) is 6.15. The number of benzene rings is 1. The third-order valence-corrected chi connectivity index (χ3v) is 2.73. The average molecular weight is 278 g/mol. The van der Waals surface area contributed by atoms with Crippen molar-refractivity contribution in [2.45, 2.75) is 52.8 Å². The van der Waals surface area contributed by atoms with Crippen LogP contribution in [0.15, 0.2) is 24.3 Å². The number of hydrogen-bond donors (Lipinski definition) is 2. The van der Waals surface area contributed by atoms with Crippen LogP contribution in [0.25, 0.3) is 0 Å². The molecule has 1 amide bonds. The number of alkyl carbamates (subject to hydrolysis) is 1. The minimum atomic E-state index is -0.456. The van der Waals surface area contributed by atoms with Gasteiger partial charge in [0.15, 0.2) is 0 Å². The number of hydrogen-bond acceptors (Lipinski definition) is 3. The van der Waals surface area contributed by atoms with Gasteiger partial charge in [0.2, 0.25) is 0 Å². The average Bonchev–Trinajstić information content (AvgIpc) is 2.33. The fourth-order valence-electron chi connectivity index (χ4n) is 1.62. The van der Waals surface area contributed by atoms with Gasteiger partial charge < -0.3 is 15.4 Å². The molecule has 1 aromatic carbocycles. The second kappa shape index (κ2) is 7.29. The molecule has 1 rings (SSSR count). The molecule has 0 fully saturated rings. The first kappa shape index (κ1) is 16.5. The Balaban J connectivity index is 2.25. The fourth-order valence-corrected chi connectivity index (χ4v) is 1.62. The van der Waals surface area contributed by atoms with E-state index in [0.29, 0.717) is 6.54 Å². The normalized spacial score (nSPS) is 12.8. The minimum absolute atomic E-state index is 0.184. The first-order chi connectivity index (χ1) is 9.26. The van der Waals surface area contributed by atoms with Gasteiger partial charge in [0, 0.05) is 19.1 Å². The Kier molecular flexibility index (Phi) is 6.02. The van der Waals surface area contributed by atoms with Gasteiger partial charge in [-0.1, -0.05) is 29.8 Å². The first-order valence-corrected chi connectivity index (χ1v) is 7.02. The number of carbonyl (C=O) groups excluding carboxylic acids is 1. The third kappa shape index (κ3) is 7.14. The van der Waals surface area contributed by atoms with Gasteiger partial charge in [-0.2, -0.15) is 0 Å². The number of rotatable bonds is 5. The van der Waals surface area contributed by atoms with E-state index in [0.717, 1.165) is 6.54 Å². The molecule has 0 bridgehead atoms. The minimum Gasteiger partial charge on any atom is -0.444 e. The molecule has 0 radical (unpaired) electrons. The van der Waals surface area contributed by atoms with Crippen molar-refractivity contribution in [1.29, 1.82) is 0 Å². The SMILES string of the molecule is Cc1ccc(CNC(C)CNC(=O)OC(C)(C)C)cc1. The van der Waals surface area contributed by atoms with Gasteiger partial charge in [-0.05, 0) is 40.2 Å². The molecule has 1 atom stereocenters. The van der Waals surface area contributed by atoms with Gasteiger partial charge >= 0.3 is 6.09 Å². The summed E-state index contributed by atoms with van der Waals surface area (Å²) in [7, 11) is 0. The van der Waals surface area contributed by atoms with Crippen LogP contribution in [0.5, 0.6) is 0 Å². The van der Waals surface area contributed by atoms with E-state index in [2.05, 4.69) is 41.8 Å². The molecule has 1 aromatic rings. The maximum absolute atomic E-state index is 11.5. The molecule has 0 spiro atoms. The highest BCUT2D eigenvalue weighted by molar-refractivity contribution is 5.67. The van der Waals surface area contributed by atoms with Crippen LogP contribution in [0, 0.1) is 6.92 Å². The van der Waals surface area contributed by atoms with Crippen LogP contribution in [0.4, 0.5) is 4.79 Å². The number of carbonyl (C=O) groups is 1. The van der Waals surface area contributed by atoms with E-state index in [9.17, 15) is 4.79 Å². The van der Waals surface area contributed by atoms with Crippen LogP contribution in [0.1, 0.15) is 38.8 Å². The standard InChI is InChI=1S/C16H26N2O2/c1-12-6-8-14(9-7-12)11-17-13(2)10-18-15(19)20-16(3,4)5/h6-9,13,17H,10-11H2,1-5H3,(H,18,19). The monoisotopic (exact) mass is 278 g/mol. The molecular formula is C16H26N2O2. The van der Waals surface area contributed by atoms with Crippen molar-refractivity contribution in [1.82, 2.24) is 10.6 Å². The van der Waals surface area contributed by atoms with Crippen molar-refractivity contribution in [3.63, 3.8) is 0 Å². The lowest BCUT2D eigenvalue weighted by molar-refractivity contribution is 0.0523. The summed E-state index contributed by atoms with van der Waals surface area (Å²) in [6.07, 6.45) is -0.374. The van der Waals surface area contributed by atoms with Crippen LogP contribution in [-0.2, 0) is 11.3 Å². The summed E-state index contributed by atoms with van der Waals surface area (Å²) in [5.41, 5.74) is 2.04. The van der Waals surface area contributed by atoms with Gasteiger partial charge in [0.25, 0.3) is 0 Å². The molecule has 0 aromatic heterocycles. The van der Waals surface area contributed by atoms with Gasteiger partial charge in [-0.15, -0.1) is 0 Å². The fraction of sp³-hybridized carbons (Fsp3) is 0.562. The zero-order valence-corrected chi connectivity index (χ0v) is 13.1. The Morgan fingerprint density at radius 2 is 1.85 bits per heavy atom. The zero-order chi connectivity index (χ0) is 15.2. The topological polar surface area (TPSA) is 50.4 Å². The smallest absolute Gasteiger partial charge is 0.407 e. The van der Waals surface area contributed by atoms with E-state index in [4.69, 9.17) is 4.74 Å². The van der Waals surface area contributed by atoms with Gasteiger partial charge in [0.05, 0.1) is 0 Å². The van der Waals surface area contributed by atoms with Crippen LogP contribution in [0.2, 0.25) is 0 Å². The highest BCUT2D eigenvalue weighted by atomic mass is 16.6. The van der Waals surface area contributed by atoms with Crippen LogP contribution in [0.3, 0.4) is 0 Å². The number of nitrogens with one attached hydrogen (secondary N) is 2. The second-order valence-electron chi connectivity index (χ2n) is 6.15. The van der Waals surface area contributed by atoms with E-state index in [1.54, 1.807) is 0 Å². The Labute approximate surface area is 121 Å². The Hall–Kier alpha value is -1.55. The maximum Gasteiger partial charge on any atom is 0.407 e. The van der Waals surface area contributed by atoms with E-state index in [1.807, 2.05) is 27.7 Å². The van der Waals surface area contributed by atoms with Crippen molar-refractivity contribution in [2.75, 3.05) is 6.54 Å². The lowest BCUT2D eigenvalue weighted by atomic mass is 10.1. The number of ether oxygens (including phenoxy) is 1. The highest BCUT2D eigenvalue weighted by Gasteiger charge is 2.16. The highest BCUT2D eigenvalue weighted by Crippen LogP contribution is 2.06. The first-order valence-electron chi connectivity index (χ1n) is 7.02. The molecule has 0 saturated carbocycles. The zero-order valence-electron chi connectivity index (χ0n) is 13.1. The Bertz CT molecular complexity index is 421. The predicted molar refractivity (Wildman–Crippen MR) is 81.7 cm³/mol. The molecule has 0 aliphatic carbocycles. The predicted octanol–water partition coefficient (Wildman–Crippen LogP) is 3.00.